The maximum absolute atomic E-state index is 12.7. The minimum atomic E-state index is -0.270. The lowest BCUT2D eigenvalue weighted by Crippen LogP contribution is -2.28. The van der Waals surface area contributed by atoms with E-state index in [-0.39, 0.29) is 17.9 Å². The number of hydrogen-bond acceptors (Lipinski definition) is 6. The summed E-state index contributed by atoms with van der Waals surface area (Å²) in [6, 6.07) is 11.9. The maximum atomic E-state index is 12.7. The molecule has 0 aliphatic carbocycles. The van der Waals surface area contributed by atoms with Crippen LogP contribution in [0.4, 0.5) is 0 Å². The van der Waals surface area contributed by atoms with Crippen molar-refractivity contribution in [3.8, 4) is 22.4 Å². The molecule has 0 spiro atoms. The zero-order chi connectivity index (χ0) is 24.5. The smallest absolute Gasteiger partial charge is 0.263 e. The van der Waals surface area contributed by atoms with Crippen molar-refractivity contribution in [3.63, 3.8) is 0 Å². The number of H-pyrrole nitrogens is 1. The molecule has 3 N–H and O–H groups in total. The average molecular weight is 489 g/mol. The Morgan fingerprint density at radius 2 is 1.80 bits per heavy atom. The summed E-state index contributed by atoms with van der Waals surface area (Å²) in [5, 5.41) is 5.74. The number of benzene rings is 1. The van der Waals surface area contributed by atoms with Gasteiger partial charge in [-0.1, -0.05) is 43.2 Å². The molecule has 0 saturated carbocycles. The molecule has 180 valence electrons. The first-order valence-corrected chi connectivity index (χ1v) is 12.5. The van der Waals surface area contributed by atoms with E-state index in [1.807, 2.05) is 30.5 Å². The second-order valence-corrected chi connectivity index (χ2v) is 9.05. The van der Waals surface area contributed by atoms with Crippen molar-refractivity contribution in [1.82, 2.24) is 30.6 Å². The normalized spacial score (nSPS) is 11.7. The highest BCUT2D eigenvalue weighted by Gasteiger charge is 2.20. The van der Waals surface area contributed by atoms with E-state index in [4.69, 9.17) is 0 Å². The van der Waals surface area contributed by atoms with Crippen LogP contribution in [0.25, 0.3) is 22.4 Å². The van der Waals surface area contributed by atoms with Gasteiger partial charge in [-0.15, -0.1) is 11.3 Å². The Bertz CT molecular complexity index is 1220. The van der Waals surface area contributed by atoms with Gasteiger partial charge in [-0.2, -0.15) is 0 Å². The van der Waals surface area contributed by atoms with Crippen LogP contribution >= 0.6 is 11.3 Å². The van der Waals surface area contributed by atoms with Crippen molar-refractivity contribution in [2.75, 3.05) is 7.05 Å². The van der Waals surface area contributed by atoms with E-state index in [0.717, 1.165) is 41.6 Å². The second-order valence-electron chi connectivity index (χ2n) is 8.17. The molecule has 0 radical (unpaired) electrons. The molecule has 9 heteroatoms. The number of carbonyl (C=O) groups excluding carboxylic acids is 2. The minimum Gasteiger partial charge on any atom is -0.359 e. The predicted molar refractivity (Wildman–Crippen MR) is 137 cm³/mol. The molecule has 0 aliphatic rings. The van der Waals surface area contributed by atoms with Crippen molar-refractivity contribution in [2.24, 2.45) is 0 Å². The number of imidazole rings is 1. The second kappa shape index (κ2) is 12.0. The first-order chi connectivity index (χ1) is 17.1. The number of rotatable bonds is 11. The molecule has 0 fully saturated rings. The van der Waals surface area contributed by atoms with Gasteiger partial charge < -0.3 is 15.6 Å². The number of pyridine rings is 1. The fraction of sp³-hybridized carbons (Fsp3) is 0.269. The van der Waals surface area contributed by atoms with Crippen LogP contribution in [0.15, 0.2) is 66.7 Å². The molecule has 35 heavy (non-hydrogen) atoms. The van der Waals surface area contributed by atoms with Crippen molar-refractivity contribution in [1.29, 1.82) is 0 Å². The van der Waals surface area contributed by atoms with Gasteiger partial charge in [0, 0.05) is 25.9 Å². The highest BCUT2D eigenvalue weighted by atomic mass is 32.1. The zero-order valence-corrected chi connectivity index (χ0v) is 20.3. The zero-order valence-electron chi connectivity index (χ0n) is 19.5. The first kappa shape index (κ1) is 24.3. The van der Waals surface area contributed by atoms with Crippen LogP contribution in [-0.4, -0.2) is 38.8 Å². The van der Waals surface area contributed by atoms with Crippen molar-refractivity contribution < 1.29 is 9.59 Å². The molecule has 1 aromatic carbocycles. The summed E-state index contributed by atoms with van der Waals surface area (Å²) in [5.74, 6) is 0.590. The van der Waals surface area contributed by atoms with Gasteiger partial charge in [-0.25, -0.2) is 4.98 Å². The molecule has 4 rings (SSSR count). The molecule has 0 saturated heterocycles. The number of hydrogen-bond donors (Lipinski definition) is 3. The highest BCUT2D eigenvalue weighted by Crippen LogP contribution is 2.26. The lowest BCUT2D eigenvalue weighted by atomic mass is 10.0. The fourth-order valence-corrected chi connectivity index (χ4v) is 4.33. The summed E-state index contributed by atoms with van der Waals surface area (Å²) < 4.78 is 0. The third kappa shape index (κ3) is 6.60. The topological polar surface area (TPSA) is 113 Å². The van der Waals surface area contributed by atoms with Gasteiger partial charge in [-0.3, -0.25) is 19.6 Å². The summed E-state index contributed by atoms with van der Waals surface area (Å²) >= 11 is 1.30. The lowest BCUT2D eigenvalue weighted by molar-refractivity contribution is -0.120. The Kier molecular flexibility index (Phi) is 8.34. The molecular weight excluding hydrogens is 460 g/mol. The number of unbranched alkanes of at least 4 members (excludes halogenated alkanes) is 2. The standard InChI is InChI=1S/C26H28N6O2S/c1-27-24(33)8-4-2-3-7-21(32-26(34)23-16-29-17-35-23)25-30-15-22(31-25)19-11-9-18(10-12-19)20-6-5-13-28-14-20/h5-6,9-17,21H,2-4,7-8H2,1H3,(H,27,33)(H,30,31)(H,32,34)/t21-/m0/s1. The molecule has 1 atom stereocenters. The molecule has 0 aliphatic heterocycles. The van der Waals surface area contributed by atoms with Crippen LogP contribution in [-0.2, 0) is 4.79 Å². The van der Waals surface area contributed by atoms with Gasteiger partial charge in [0.25, 0.3) is 5.91 Å². The Morgan fingerprint density at radius 1 is 0.971 bits per heavy atom. The Hall–Kier alpha value is -3.85. The SMILES string of the molecule is CNC(=O)CCCCC[C@H](NC(=O)c1cncs1)c1ncc(-c2ccc(-c3cccnc3)cc2)[nH]1. The van der Waals surface area contributed by atoms with E-state index in [1.54, 1.807) is 31.1 Å². The summed E-state index contributed by atoms with van der Waals surface area (Å²) in [5.41, 5.74) is 5.69. The van der Waals surface area contributed by atoms with Crippen molar-refractivity contribution in [3.05, 3.63) is 77.4 Å². The number of amides is 2. The highest BCUT2D eigenvalue weighted by molar-refractivity contribution is 7.11. The van der Waals surface area contributed by atoms with Gasteiger partial charge in [0.1, 0.15) is 10.7 Å². The van der Waals surface area contributed by atoms with E-state index in [1.165, 1.54) is 11.3 Å². The van der Waals surface area contributed by atoms with Crippen LogP contribution in [0, 0.1) is 0 Å². The number of aromatic amines is 1. The molecule has 0 bridgehead atoms. The Labute approximate surface area is 208 Å². The van der Waals surface area contributed by atoms with Crippen LogP contribution in [0.3, 0.4) is 0 Å². The van der Waals surface area contributed by atoms with Crippen molar-refractivity contribution >= 4 is 23.2 Å². The van der Waals surface area contributed by atoms with Crippen molar-refractivity contribution in [2.45, 2.75) is 38.1 Å². The van der Waals surface area contributed by atoms with E-state index < -0.39 is 0 Å². The fourth-order valence-electron chi connectivity index (χ4n) is 3.81. The molecule has 8 nitrogen and oxygen atoms in total. The van der Waals surface area contributed by atoms with E-state index in [0.29, 0.717) is 23.5 Å². The molecule has 3 aromatic heterocycles. The predicted octanol–water partition coefficient (Wildman–Crippen LogP) is 4.76. The summed E-state index contributed by atoms with van der Waals surface area (Å²) in [6.07, 6.45) is 10.7. The van der Waals surface area contributed by atoms with Crippen LogP contribution < -0.4 is 10.6 Å². The number of thiazole rings is 1. The quantitative estimate of drug-likeness (QED) is 0.263. The van der Waals surface area contributed by atoms with E-state index >= 15 is 0 Å². The van der Waals surface area contributed by atoms with Crippen LogP contribution in [0.1, 0.15) is 53.6 Å². The Balaban J connectivity index is 1.45. The molecule has 4 aromatic rings. The van der Waals surface area contributed by atoms with Gasteiger partial charge in [0.05, 0.1) is 29.6 Å². The number of nitrogens with one attached hydrogen (secondary N) is 3. The summed E-state index contributed by atoms with van der Waals surface area (Å²) in [6.45, 7) is 0. The number of aromatic nitrogens is 4. The van der Waals surface area contributed by atoms with Crippen LogP contribution in [0.2, 0.25) is 0 Å². The molecule has 2 amide bonds. The third-order valence-electron chi connectivity index (χ3n) is 5.75. The first-order valence-electron chi connectivity index (χ1n) is 11.6. The summed E-state index contributed by atoms with van der Waals surface area (Å²) in [4.78, 5) is 40.9. The van der Waals surface area contributed by atoms with Crippen LogP contribution in [0.5, 0.6) is 0 Å². The average Bonchev–Trinajstić information content (AvgIpc) is 3.61. The van der Waals surface area contributed by atoms with E-state index in [9.17, 15) is 9.59 Å². The molecular formula is C26H28N6O2S. The van der Waals surface area contributed by atoms with E-state index in [2.05, 4.69) is 42.7 Å². The minimum absolute atomic E-state index is 0.0465. The van der Waals surface area contributed by atoms with Gasteiger partial charge in [0.2, 0.25) is 5.91 Å². The van der Waals surface area contributed by atoms with Gasteiger partial charge >= 0.3 is 0 Å². The molecule has 0 unspecified atom stereocenters. The number of nitrogens with zero attached hydrogens (tertiary/aromatic N) is 3. The largest absolute Gasteiger partial charge is 0.359 e. The Morgan fingerprint density at radius 3 is 2.51 bits per heavy atom. The molecule has 3 heterocycles. The monoisotopic (exact) mass is 488 g/mol. The van der Waals surface area contributed by atoms with Gasteiger partial charge in [-0.05, 0) is 35.6 Å². The summed E-state index contributed by atoms with van der Waals surface area (Å²) in [7, 11) is 1.65. The maximum Gasteiger partial charge on any atom is 0.263 e. The lowest BCUT2D eigenvalue weighted by Gasteiger charge is -2.16. The van der Waals surface area contributed by atoms with Gasteiger partial charge in [0.15, 0.2) is 0 Å². The third-order valence-corrected chi connectivity index (χ3v) is 6.53. The number of carbonyl (C=O) groups is 2.